The van der Waals surface area contributed by atoms with E-state index in [1.807, 2.05) is 0 Å². The predicted octanol–water partition coefficient (Wildman–Crippen LogP) is 4.45. The molecule has 1 saturated heterocycles. The molecule has 0 amide bonds. The monoisotopic (exact) mass is 386 g/mol. The van der Waals surface area contributed by atoms with E-state index in [9.17, 15) is 0 Å². The molecule has 2 saturated carbocycles. The lowest BCUT2D eigenvalue weighted by Gasteiger charge is -2.35. The number of allylic oxidation sites excluding steroid dienone is 2. The standard InChI is InChI=1S/C10H5Cl7O/c11-3-1-2(4-5(3)18-4)9(15)7(13)6(12)8(1,14)10(9,16)17/h1-5H/t1-,2+,3+,4+,5-,8-,9+/m0/s1. The van der Waals surface area contributed by atoms with E-state index < -0.39 is 14.1 Å². The van der Waals surface area contributed by atoms with Crippen molar-refractivity contribution in [2.45, 2.75) is 31.7 Å². The third-order valence-corrected chi connectivity index (χ3v) is 9.44. The lowest BCUT2D eigenvalue weighted by molar-refractivity contribution is 0.204. The van der Waals surface area contributed by atoms with Crippen LogP contribution in [0.15, 0.2) is 10.1 Å². The highest BCUT2D eigenvalue weighted by Gasteiger charge is 2.89. The summed E-state index contributed by atoms with van der Waals surface area (Å²) in [6, 6.07) is 0. The lowest BCUT2D eigenvalue weighted by atomic mass is 9.83. The minimum absolute atomic E-state index is 0.0608. The molecule has 8 heteroatoms. The van der Waals surface area contributed by atoms with Gasteiger partial charge in [0.2, 0.25) is 0 Å². The Hall–Kier alpha value is 1.73. The second kappa shape index (κ2) is 3.38. The lowest BCUT2D eigenvalue weighted by Crippen LogP contribution is -2.46. The molecule has 18 heavy (non-hydrogen) atoms. The fourth-order valence-electron chi connectivity index (χ4n) is 3.80. The zero-order chi connectivity index (χ0) is 13.2. The van der Waals surface area contributed by atoms with Gasteiger partial charge in [-0.25, -0.2) is 0 Å². The summed E-state index contributed by atoms with van der Waals surface area (Å²) in [5.41, 5.74) is 0. The molecule has 4 aliphatic rings. The highest BCUT2D eigenvalue weighted by Crippen LogP contribution is 2.81. The Morgan fingerprint density at radius 1 is 0.833 bits per heavy atom. The highest BCUT2D eigenvalue weighted by atomic mass is 35.5. The van der Waals surface area contributed by atoms with Gasteiger partial charge in [0, 0.05) is 11.8 Å². The SMILES string of the molecule is ClC1=C(Cl)[C@]2(Cl)[C@H]3[C@H]4O[C@H]4[C@H](Cl)[C@H]3[C@@]1(Cl)C2(Cl)Cl. The van der Waals surface area contributed by atoms with Gasteiger partial charge in [-0.05, 0) is 0 Å². The third kappa shape index (κ3) is 1.02. The average molecular weight is 389 g/mol. The number of halogens is 7. The summed E-state index contributed by atoms with van der Waals surface area (Å²) in [6.45, 7) is 0. The molecule has 1 nitrogen and oxygen atoms in total. The molecule has 1 aliphatic heterocycles. The maximum absolute atomic E-state index is 6.65. The van der Waals surface area contributed by atoms with Gasteiger partial charge in [0.05, 0.1) is 21.5 Å². The molecular formula is C10H5Cl7O. The molecule has 1 heterocycles. The number of rotatable bonds is 0. The van der Waals surface area contributed by atoms with Gasteiger partial charge in [-0.3, -0.25) is 0 Å². The summed E-state index contributed by atoms with van der Waals surface area (Å²) in [5.74, 6) is -0.457. The number of hydrogen-bond acceptors (Lipinski definition) is 1. The number of fused-ring (bicyclic) bond motifs is 7. The van der Waals surface area contributed by atoms with Crippen LogP contribution in [0.1, 0.15) is 0 Å². The fraction of sp³-hybridized carbons (Fsp3) is 0.800. The van der Waals surface area contributed by atoms with E-state index in [0.29, 0.717) is 0 Å². The molecule has 0 unspecified atom stereocenters. The summed E-state index contributed by atoms with van der Waals surface area (Å²) in [5, 5.41) is 0.111. The van der Waals surface area contributed by atoms with Gasteiger partial charge in [-0.15, -0.1) is 34.8 Å². The molecule has 2 bridgehead atoms. The van der Waals surface area contributed by atoms with Crippen LogP contribution in [0.25, 0.3) is 0 Å². The molecule has 0 spiro atoms. The Kier molecular flexibility index (Phi) is 2.52. The normalized spacial score (nSPS) is 63.2. The molecule has 0 N–H and O–H groups in total. The topological polar surface area (TPSA) is 12.5 Å². The first-order chi connectivity index (χ1) is 8.20. The van der Waals surface area contributed by atoms with Crippen LogP contribution < -0.4 is 0 Å². The second-order valence-electron chi connectivity index (χ2n) is 5.19. The van der Waals surface area contributed by atoms with Crippen LogP contribution in [0.4, 0.5) is 0 Å². The van der Waals surface area contributed by atoms with Crippen LogP contribution in [0.3, 0.4) is 0 Å². The Bertz CT molecular complexity index is 476. The fourth-order valence-corrected chi connectivity index (χ4v) is 7.49. The Morgan fingerprint density at radius 3 is 1.89 bits per heavy atom. The van der Waals surface area contributed by atoms with E-state index in [0.717, 1.165) is 0 Å². The molecule has 7 atom stereocenters. The van der Waals surface area contributed by atoms with Crippen LogP contribution >= 0.6 is 81.2 Å². The maximum Gasteiger partial charge on any atom is 0.166 e. The van der Waals surface area contributed by atoms with Crippen molar-refractivity contribution < 1.29 is 4.74 Å². The average Bonchev–Trinajstić information content (AvgIpc) is 2.98. The van der Waals surface area contributed by atoms with Gasteiger partial charge < -0.3 is 4.74 Å². The van der Waals surface area contributed by atoms with Gasteiger partial charge in [0.15, 0.2) is 4.33 Å². The van der Waals surface area contributed by atoms with Crippen molar-refractivity contribution in [3.8, 4) is 0 Å². The van der Waals surface area contributed by atoms with E-state index in [-0.39, 0.29) is 39.5 Å². The van der Waals surface area contributed by atoms with Gasteiger partial charge in [0.1, 0.15) is 15.9 Å². The smallest absolute Gasteiger partial charge is 0.166 e. The first kappa shape index (κ1) is 13.4. The molecule has 4 rings (SSSR count). The number of epoxide rings is 1. The zero-order valence-electron chi connectivity index (χ0n) is 8.44. The van der Waals surface area contributed by atoms with Crippen LogP contribution in [0.5, 0.6) is 0 Å². The predicted molar refractivity (Wildman–Crippen MR) is 75.6 cm³/mol. The first-order valence-electron chi connectivity index (χ1n) is 5.32. The van der Waals surface area contributed by atoms with Crippen molar-refractivity contribution in [2.24, 2.45) is 11.8 Å². The molecular weight excluding hydrogens is 384 g/mol. The van der Waals surface area contributed by atoms with Crippen molar-refractivity contribution in [3.63, 3.8) is 0 Å². The highest BCUT2D eigenvalue weighted by molar-refractivity contribution is 6.66. The van der Waals surface area contributed by atoms with E-state index >= 15 is 0 Å². The molecule has 0 aromatic heterocycles. The number of alkyl halides is 5. The zero-order valence-corrected chi connectivity index (χ0v) is 13.7. The molecule has 100 valence electrons. The van der Waals surface area contributed by atoms with Gasteiger partial charge in [-0.2, -0.15) is 0 Å². The van der Waals surface area contributed by atoms with Crippen LogP contribution in [0, 0.1) is 11.8 Å². The molecule has 3 aliphatic carbocycles. The molecule has 0 radical (unpaired) electrons. The van der Waals surface area contributed by atoms with Crippen LogP contribution in [-0.2, 0) is 4.74 Å². The molecule has 0 aromatic rings. The Labute approximate surface area is 139 Å². The van der Waals surface area contributed by atoms with E-state index in [1.165, 1.54) is 0 Å². The summed E-state index contributed by atoms with van der Waals surface area (Å²) in [6.07, 6.45) is -0.152. The third-order valence-electron chi connectivity index (χ3n) is 4.62. The maximum atomic E-state index is 6.65. The summed E-state index contributed by atoms with van der Waals surface area (Å²) in [4.78, 5) is -2.48. The van der Waals surface area contributed by atoms with Crippen molar-refractivity contribution >= 4 is 81.2 Å². The Morgan fingerprint density at radius 2 is 1.33 bits per heavy atom. The van der Waals surface area contributed by atoms with Gasteiger partial charge in [-0.1, -0.05) is 46.4 Å². The largest absolute Gasteiger partial charge is 0.368 e. The summed E-state index contributed by atoms with van der Waals surface area (Å²) < 4.78 is 4.00. The molecule has 0 aromatic carbocycles. The molecule has 3 fully saturated rings. The van der Waals surface area contributed by atoms with E-state index in [1.54, 1.807) is 0 Å². The van der Waals surface area contributed by atoms with Crippen molar-refractivity contribution in [1.29, 1.82) is 0 Å². The van der Waals surface area contributed by atoms with Gasteiger partial charge in [0.25, 0.3) is 0 Å². The van der Waals surface area contributed by atoms with Gasteiger partial charge >= 0.3 is 0 Å². The van der Waals surface area contributed by atoms with E-state index in [2.05, 4.69) is 0 Å². The van der Waals surface area contributed by atoms with Crippen LogP contribution in [0.2, 0.25) is 0 Å². The van der Waals surface area contributed by atoms with E-state index in [4.69, 9.17) is 85.9 Å². The minimum atomic E-state index is -1.50. The number of hydrogen-bond donors (Lipinski definition) is 0. The summed E-state index contributed by atoms with van der Waals surface area (Å²) >= 11 is 45.0. The first-order valence-corrected chi connectivity index (χ1v) is 8.02. The quantitative estimate of drug-likeness (QED) is 0.441. The van der Waals surface area contributed by atoms with Crippen molar-refractivity contribution in [3.05, 3.63) is 10.1 Å². The minimum Gasteiger partial charge on any atom is -0.368 e. The second-order valence-corrected chi connectivity index (χ2v) is 8.97. The van der Waals surface area contributed by atoms with Crippen molar-refractivity contribution in [2.75, 3.05) is 0 Å². The van der Waals surface area contributed by atoms with Crippen LogP contribution in [-0.4, -0.2) is 31.7 Å². The van der Waals surface area contributed by atoms with Crippen molar-refractivity contribution in [1.82, 2.24) is 0 Å². The summed E-state index contributed by atoms with van der Waals surface area (Å²) in [7, 11) is 0. The Balaban J connectivity index is 2.01. The number of ether oxygens (including phenoxy) is 1.